The highest BCUT2D eigenvalue weighted by molar-refractivity contribution is 5.57. The summed E-state index contributed by atoms with van der Waals surface area (Å²) >= 11 is 0. The standard InChI is InChI=1S/C16H26N2O/c1-3-15-7-4-6-14(2)16(15)17-8-5-9-18-10-12-19-13-11-18/h4,6-7,17H,3,5,8-13H2,1-2H3. The minimum atomic E-state index is 0.894. The van der Waals surface area contributed by atoms with E-state index in [9.17, 15) is 0 Å². The van der Waals surface area contributed by atoms with Gasteiger partial charge >= 0.3 is 0 Å². The molecule has 0 aliphatic carbocycles. The van der Waals surface area contributed by atoms with Crippen molar-refractivity contribution in [2.75, 3.05) is 44.7 Å². The fourth-order valence-corrected chi connectivity index (χ4v) is 2.62. The van der Waals surface area contributed by atoms with Crippen LogP contribution in [-0.2, 0) is 11.2 Å². The van der Waals surface area contributed by atoms with E-state index >= 15 is 0 Å². The van der Waals surface area contributed by atoms with Gasteiger partial charge in [0.1, 0.15) is 0 Å². The van der Waals surface area contributed by atoms with Gasteiger partial charge in [-0.05, 0) is 37.4 Å². The Labute approximate surface area is 116 Å². The molecule has 1 saturated heterocycles. The normalized spacial score (nSPS) is 16.5. The smallest absolute Gasteiger partial charge is 0.0594 e. The van der Waals surface area contributed by atoms with E-state index in [1.165, 1.54) is 29.8 Å². The number of nitrogens with one attached hydrogen (secondary N) is 1. The molecule has 0 aromatic heterocycles. The number of para-hydroxylation sites is 1. The lowest BCUT2D eigenvalue weighted by atomic mass is 10.1. The van der Waals surface area contributed by atoms with E-state index in [0.29, 0.717) is 0 Å². The minimum absolute atomic E-state index is 0.894. The number of aryl methyl sites for hydroxylation is 2. The molecular weight excluding hydrogens is 236 g/mol. The maximum absolute atomic E-state index is 5.36. The van der Waals surface area contributed by atoms with Crippen LogP contribution in [0.25, 0.3) is 0 Å². The number of rotatable bonds is 6. The Bertz CT molecular complexity index is 386. The maximum atomic E-state index is 5.36. The molecule has 1 heterocycles. The first-order chi connectivity index (χ1) is 9.31. The van der Waals surface area contributed by atoms with Crippen molar-refractivity contribution in [1.82, 2.24) is 4.90 Å². The number of benzene rings is 1. The maximum Gasteiger partial charge on any atom is 0.0594 e. The van der Waals surface area contributed by atoms with E-state index in [2.05, 4.69) is 42.3 Å². The summed E-state index contributed by atoms with van der Waals surface area (Å²) in [5.41, 5.74) is 4.11. The first-order valence-electron chi connectivity index (χ1n) is 7.43. The molecule has 3 heteroatoms. The van der Waals surface area contributed by atoms with E-state index in [0.717, 1.165) is 39.3 Å². The van der Waals surface area contributed by atoms with Gasteiger partial charge in [0.05, 0.1) is 13.2 Å². The topological polar surface area (TPSA) is 24.5 Å². The van der Waals surface area contributed by atoms with E-state index in [1.54, 1.807) is 0 Å². The largest absolute Gasteiger partial charge is 0.385 e. The fourth-order valence-electron chi connectivity index (χ4n) is 2.62. The molecule has 1 aliphatic heterocycles. The zero-order valence-corrected chi connectivity index (χ0v) is 12.2. The van der Waals surface area contributed by atoms with Gasteiger partial charge in [0.2, 0.25) is 0 Å². The molecule has 0 spiro atoms. The van der Waals surface area contributed by atoms with Crippen molar-refractivity contribution in [2.24, 2.45) is 0 Å². The van der Waals surface area contributed by atoms with Crippen molar-refractivity contribution < 1.29 is 4.74 Å². The molecule has 19 heavy (non-hydrogen) atoms. The number of hydrogen-bond donors (Lipinski definition) is 1. The van der Waals surface area contributed by atoms with Crippen molar-refractivity contribution >= 4 is 5.69 Å². The lowest BCUT2D eigenvalue weighted by Gasteiger charge is -2.26. The number of ether oxygens (including phenoxy) is 1. The van der Waals surface area contributed by atoms with E-state index in [4.69, 9.17) is 4.74 Å². The molecule has 0 atom stereocenters. The average Bonchev–Trinajstić information content (AvgIpc) is 2.46. The fraction of sp³-hybridized carbons (Fsp3) is 0.625. The average molecular weight is 262 g/mol. The van der Waals surface area contributed by atoms with Gasteiger partial charge in [-0.15, -0.1) is 0 Å². The van der Waals surface area contributed by atoms with Gasteiger partial charge < -0.3 is 10.1 Å². The van der Waals surface area contributed by atoms with Crippen molar-refractivity contribution in [3.05, 3.63) is 29.3 Å². The third-order valence-electron chi connectivity index (χ3n) is 3.80. The van der Waals surface area contributed by atoms with Crippen molar-refractivity contribution in [3.8, 4) is 0 Å². The molecule has 0 unspecified atom stereocenters. The lowest BCUT2D eigenvalue weighted by molar-refractivity contribution is 0.0378. The van der Waals surface area contributed by atoms with Gasteiger partial charge in [0, 0.05) is 25.3 Å². The second kappa shape index (κ2) is 7.51. The molecule has 0 radical (unpaired) electrons. The van der Waals surface area contributed by atoms with Gasteiger partial charge in [-0.1, -0.05) is 25.1 Å². The second-order valence-corrected chi connectivity index (χ2v) is 5.20. The molecule has 0 amide bonds. The van der Waals surface area contributed by atoms with Gasteiger partial charge in [0.25, 0.3) is 0 Å². The van der Waals surface area contributed by atoms with Crippen LogP contribution in [0.1, 0.15) is 24.5 Å². The zero-order chi connectivity index (χ0) is 13.5. The minimum Gasteiger partial charge on any atom is -0.385 e. The zero-order valence-electron chi connectivity index (χ0n) is 12.2. The Hall–Kier alpha value is -1.06. The second-order valence-electron chi connectivity index (χ2n) is 5.20. The van der Waals surface area contributed by atoms with Crippen LogP contribution < -0.4 is 5.32 Å². The van der Waals surface area contributed by atoms with Gasteiger partial charge in [0.15, 0.2) is 0 Å². The summed E-state index contributed by atoms with van der Waals surface area (Å²) in [6.07, 6.45) is 2.28. The molecule has 3 nitrogen and oxygen atoms in total. The highest BCUT2D eigenvalue weighted by Gasteiger charge is 2.09. The molecule has 2 rings (SSSR count). The Kier molecular flexibility index (Phi) is 5.67. The van der Waals surface area contributed by atoms with Crippen LogP contribution in [0.5, 0.6) is 0 Å². The van der Waals surface area contributed by atoms with Gasteiger partial charge in [-0.3, -0.25) is 4.90 Å². The molecule has 1 aliphatic rings. The predicted octanol–water partition coefficient (Wildman–Crippen LogP) is 2.69. The quantitative estimate of drug-likeness (QED) is 0.798. The Morgan fingerprint density at radius 2 is 2.05 bits per heavy atom. The number of morpholine rings is 1. The van der Waals surface area contributed by atoms with Crippen LogP contribution in [0, 0.1) is 6.92 Å². The molecule has 1 N–H and O–H groups in total. The lowest BCUT2D eigenvalue weighted by Crippen LogP contribution is -2.37. The summed E-state index contributed by atoms with van der Waals surface area (Å²) in [5, 5.41) is 3.61. The molecule has 106 valence electrons. The van der Waals surface area contributed by atoms with Crippen LogP contribution in [-0.4, -0.2) is 44.3 Å². The van der Waals surface area contributed by atoms with Crippen LogP contribution in [0.3, 0.4) is 0 Å². The molecule has 1 aromatic rings. The Morgan fingerprint density at radius 3 is 2.79 bits per heavy atom. The first-order valence-corrected chi connectivity index (χ1v) is 7.43. The number of nitrogens with zero attached hydrogens (tertiary/aromatic N) is 1. The summed E-state index contributed by atoms with van der Waals surface area (Å²) in [5.74, 6) is 0. The first kappa shape index (κ1) is 14.4. The van der Waals surface area contributed by atoms with Crippen molar-refractivity contribution in [1.29, 1.82) is 0 Å². The molecule has 0 bridgehead atoms. The summed E-state index contributed by atoms with van der Waals surface area (Å²) < 4.78 is 5.36. The summed E-state index contributed by atoms with van der Waals surface area (Å²) in [4.78, 5) is 2.49. The number of anilines is 1. The molecule has 0 saturated carbocycles. The van der Waals surface area contributed by atoms with Crippen LogP contribution >= 0.6 is 0 Å². The third kappa shape index (κ3) is 4.22. The molecular formula is C16H26N2O. The van der Waals surface area contributed by atoms with E-state index in [-0.39, 0.29) is 0 Å². The highest BCUT2D eigenvalue weighted by Crippen LogP contribution is 2.20. The monoisotopic (exact) mass is 262 g/mol. The van der Waals surface area contributed by atoms with Crippen LogP contribution in [0.2, 0.25) is 0 Å². The Morgan fingerprint density at radius 1 is 1.26 bits per heavy atom. The number of hydrogen-bond acceptors (Lipinski definition) is 3. The van der Waals surface area contributed by atoms with Crippen LogP contribution in [0.4, 0.5) is 5.69 Å². The van der Waals surface area contributed by atoms with E-state index in [1.807, 2.05) is 0 Å². The highest BCUT2D eigenvalue weighted by atomic mass is 16.5. The van der Waals surface area contributed by atoms with Crippen molar-refractivity contribution in [3.63, 3.8) is 0 Å². The summed E-state index contributed by atoms with van der Waals surface area (Å²) in [6, 6.07) is 6.55. The van der Waals surface area contributed by atoms with E-state index < -0.39 is 0 Å². The third-order valence-corrected chi connectivity index (χ3v) is 3.80. The van der Waals surface area contributed by atoms with Crippen molar-refractivity contribution in [2.45, 2.75) is 26.7 Å². The SMILES string of the molecule is CCc1cccc(C)c1NCCCN1CCOCC1. The van der Waals surface area contributed by atoms with Gasteiger partial charge in [-0.2, -0.15) is 0 Å². The Balaban J connectivity index is 1.76. The van der Waals surface area contributed by atoms with Crippen LogP contribution in [0.15, 0.2) is 18.2 Å². The predicted molar refractivity (Wildman–Crippen MR) is 80.9 cm³/mol. The molecule has 1 aromatic carbocycles. The summed E-state index contributed by atoms with van der Waals surface area (Å²) in [6.45, 7) is 10.6. The molecule has 1 fully saturated rings. The summed E-state index contributed by atoms with van der Waals surface area (Å²) in [7, 11) is 0. The van der Waals surface area contributed by atoms with Gasteiger partial charge in [-0.25, -0.2) is 0 Å².